The normalized spacial score (nSPS) is 19.8. The van der Waals surface area contributed by atoms with Crippen LogP contribution in [-0.4, -0.2) is 38.2 Å². The van der Waals surface area contributed by atoms with E-state index in [0.717, 1.165) is 24.1 Å². The van der Waals surface area contributed by atoms with E-state index in [1.165, 1.54) is 29.2 Å². The first-order valence-electron chi connectivity index (χ1n) is 9.09. The number of quaternary nitrogens is 1. The summed E-state index contributed by atoms with van der Waals surface area (Å²) in [5.41, 5.74) is 2.51. The smallest absolute Gasteiger partial charge is 0.269 e. The number of likely N-dealkylation sites (N-methyl/N-ethyl adjacent to an activating group) is 1. The number of fused-ring (bicyclic) bond motifs is 2. The molecule has 0 spiro atoms. The SMILES string of the molecule is COc1c2c(cc3c1[C@H](CC(=O)c1ccc([N+](=O)[O-])cc1)[NH+](C)CC3)OCO2. The molecule has 0 saturated carbocycles. The van der Waals surface area contributed by atoms with E-state index in [4.69, 9.17) is 14.2 Å². The first kappa shape index (κ1) is 18.2. The third kappa shape index (κ3) is 3.05. The number of Topliss-reactive ketones (excluding diaryl/α,β-unsaturated/α-hetero) is 1. The van der Waals surface area contributed by atoms with Crippen LogP contribution in [0.2, 0.25) is 0 Å². The molecule has 0 amide bonds. The molecular weight excluding hydrogens is 364 g/mol. The molecule has 1 N–H and O–H groups in total. The molecule has 8 heteroatoms. The number of non-ortho nitro benzene ring substituents is 1. The Kier molecular flexibility index (Phi) is 4.64. The molecule has 2 aliphatic rings. The van der Waals surface area contributed by atoms with Crippen LogP contribution >= 0.6 is 0 Å². The molecule has 0 saturated heterocycles. The van der Waals surface area contributed by atoms with Crippen LogP contribution in [0, 0.1) is 10.1 Å². The van der Waals surface area contributed by atoms with Gasteiger partial charge in [0.1, 0.15) is 6.04 Å². The number of nitrogens with zero attached hydrogens (tertiary/aromatic N) is 1. The van der Waals surface area contributed by atoms with E-state index in [9.17, 15) is 14.9 Å². The Morgan fingerprint density at radius 2 is 2.07 bits per heavy atom. The first-order chi connectivity index (χ1) is 13.5. The summed E-state index contributed by atoms with van der Waals surface area (Å²) in [6.07, 6.45) is 1.13. The van der Waals surface area contributed by atoms with Crippen molar-refractivity contribution in [3.8, 4) is 17.2 Å². The maximum Gasteiger partial charge on any atom is 0.269 e. The molecule has 146 valence electrons. The van der Waals surface area contributed by atoms with Gasteiger partial charge in [-0.2, -0.15) is 0 Å². The molecule has 2 aromatic carbocycles. The minimum atomic E-state index is -0.475. The molecule has 2 aromatic rings. The Labute approximate surface area is 161 Å². The highest BCUT2D eigenvalue weighted by Crippen LogP contribution is 2.47. The Hall–Kier alpha value is -3.13. The summed E-state index contributed by atoms with van der Waals surface area (Å²) in [7, 11) is 3.65. The van der Waals surface area contributed by atoms with Crippen LogP contribution in [0.25, 0.3) is 0 Å². The number of rotatable bonds is 5. The number of hydrogen-bond acceptors (Lipinski definition) is 6. The topological polar surface area (TPSA) is 92.3 Å². The highest BCUT2D eigenvalue weighted by molar-refractivity contribution is 5.96. The van der Waals surface area contributed by atoms with Crippen molar-refractivity contribution in [1.29, 1.82) is 0 Å². The summed E-state index contributed by atoms with van der Waals surface area (Å²) in [4.78, 5) is 24.5. The highest BCUT2D eigenvalue weighted by atomic mass is 16.7. The fraction of sp³-hybridized carbons (Fsp3) is 0.350. The number of methoxy groups -OCH3 is 1. The average molecular weight is 385 g/mol. The van der Waals surface area contributed by atoms with Crippen LogP contribution in [0.15, 0.2) is 30.3 Å². The molecule has 2 heterocycles. The number of ketones is 1. The summed E-state index contributed by atoms with van der Waals surface area (Å²) in [6.45, 7) is 1.04. The summed E-state index contributed by atoms with van der Waals surface area (Å²) >= 11 is 0. The van der Waals surface area contributed by atoms with Crippen molar-refractivity contribution >= 4 is 11.5 Å². The highest BCUT2D eigenvalue weighted by Gasteiger charge is 2.37. The van der Waals surface area contributed by atoms with Gasteiger partial charge in [-0.25, -0.2) is 0 Å². The zero-order valence-electron chi connectivity index (χ0n) is 15.7. The molecule has 0 aliphatic carbocycles. The lowest BCUT2D eigenvalue weighted by molar-refractivity contribution is -0.913. The lowest BCUT2D eigenvalue weighted by Gasteiger charge is -2.32. The van der Waals surface area contributed by atoms with Crippen molar-refractivity contribution in [2.45, 2.75) is 18.9 Å². The monoisotopic (exact) mass is 385 g/mol. The van der Waals surface area contributed by atoms with E-state index in [0.29, 0.717) is 22.8 Å². The van der Waals surface area contributed by atoms with Crippen LogP contribution in [0.4, 0.5) is 5.69 Å². The van der Waals surface area contributed by atoms with Crippen molar-refractivity contribution < 1.29 is 28.8 Å². The molecule has 8 nitrogen and oxygen atoms in total. The van der Waals surface area contributed by atoms with Crippen LogP contribution in [0.3, 0.4) is 0 Å². The van der Waals surface area contributed by atoms with Gasteiger partial charge in [-0.15, -0.1) is 0 Å². The van der Waals surface area contributed by atoms with Crippen LogP contribution in [-0.2, 0) is 6.42 Å². The molecule has 0 bridgehead atoms. The van der Waals surface area contributed by atoms with Gasteiger partial charge in [0.25, 0.3) is 5.69 Å². The van der Waals surface area contributed by atoms with Gasteiger partial charge < -0.3 is 19.1 Å². The van der Waals surface area contributed by atoms with Crippen LogP contribution in [0.5, 0.6) is 17.2 Å². The predicted octanol–water partition coefficient (Wildman–Crippen LogP) is 1.72. The Bertz CT molecular complexity index is 941. The number of nitro benzene ring substituents is 1. The third-order valence-corrected chi connectivity index (χ3v) is 5.47. The van der Waals surface area contributed by atoms with Gasteiger partial charge in [-0.3, -0.25) is 14.9 Å². The van der Waals surface area contributed by atoms with E-state index < -0.39 is 4.92 Å². The van der Waals surface area contributed by atoms with Gasteiger partial charge >= 0.3 is 0 Å². The molecule has 0 aromatic heterocycles. The fourth-order valence-corrected chi connectivity index (χ4v) is 3.97. The van der Waals surface area contributed by atoms with Gasteiger partial charge in [0, 0.05) is 24.1 Å². The summed E-state index contributed by atoms with van der Waals surface area (Å²) in [5.74, 6) is 1.83. The quantitative estimate of drug-likeness (QED) is 0.479. The lowest BCUT2D eigenvalue weighted by atomic mass is 9.87. The van der Waals surface area contributed by atoms with Crippen molar-refractivity contribution in [2.24, 2.45) is 0 Å². The molecule has 0 radical (unpaired) electrons. The van der Waals surface area contributed by atoms with E-state index in [1.807, 2.05) is 6.07 Å². The Morgan fingerprint density at radius 3 is 2.75 bits per heavy atom. The minimum Gasteiger partial charge on any atom is -0.492 e. The van der Waals surface area contributed by atoms with Crippen molar-refractivity contribution in [3.05, 3.63) is 57.1 Å². The molecule has 4 rings (SSSR count). The Balaban J connectivity index is 1.67. The maximum atomic E-state index is 12.9. The second-order valence-corrected chi connectivity index (χ2v) is 7.05. The van der Waals surface area contributed by atoms with E-state index >= 15 is 0 Å². The average Bonchev–Trinajstić information content (AvgIpc) is 3.16. The largest absolute Gasteiger partial charge is 0.492 e. The van der Waals surface area contributed by atoms with Crippen LogP contribution in [0.1, 0.15) is 33.9 Å². The second-order valence-electron chi connectivity index (χ2n) is 7.05. The molecule has 0 fully saturated rings. The molecule has 28 heavy (non-hydrogen) atoms. The van der Waals surface area contributed by atoms with Gasteiger partial charge in [0.05, 0.1) is 37.6 Å². The second kappa shape index (κ2) is 7.12. The standard InChI is InChI=1S/C20H20N2O6/c1-21-8-7-13-9-17-19(28-11-27-17)20(26-2)18(13)15(21)10-16(23)12-3-5-14(6-4-12)22(24)25/h3-6,9,15H,7-8,10-11H2,1-2H3/p+1/t15-/m0/s1. The number of hydrogen-bond donors (Lipinski definition) is 1. The molecule has 2 aliphatic heterocycles. The third-order valence-electron chi connectivity index (χ3n) is 5.47. The summed E-state index contributed by atoms with van der Waals surface area (Å²) in [5, 5.41) is 10.8. The summed E-state index contributed by atoms with van der Waals surface area (Å²) in [6, 6.07) is 7.62. The Morgan fingerprint density at radius 1 is 1.32 bits per heavy atom. The molecule has 2 atom stereocenters. The molecule has 1 unspecified atom stereocenters. The first-order valence-corrected chi connectivity index (χ1v) is 9.09. The summed E-state index contributed by atoms with van der Waals surface area (Å²) < 4.78 is 16.8. The molecular formula is C20H21N2O6+. The number of benzene rings is 2. The fourth-order valence-electron chi connectivity index (χ4n) is 3.97. The minimum absolute atomic E-state index is 0.0308. The lowest BCUT2D eigenvalue weighted by Crippen LogP contribution is -3.10. The predicted molar refractivity (Wildman–Crippen MR) is 99.4 cm³/mol. The number of carbonyl (C=O) groups excluding carboxylic acids is 1. The van der Waals surface area contributed by atoms with Gasteiger partial charge in [0.2, 0.25) is 12.5 Å². The van der Waals surface area contributed by atoms with Gasteiger partial charge in [0.15, 0.2) is 17.3 Å². The van der Waals surface area contributed by atoms with Gasteiger partial charge in [-0.1, -0.05) is 0 Å². The van der Waals surface area contributed by atoms with Gasteiger partial charge in [-0.05, 0) is 23.8 Å². The number of carbonyl (C=O) groups is 1. The van der Waals surface area contributed by atoms with E-state index in [1.54, 1.807) is 7.11 Å². The number of nitrogens with one attached hydrogen (secondary N) is 1. The number of nitro groups is 1. The van der Waals surface area contributed by atoms with Crippen molar-refractivity contribution in [1.82, 2.24) is 0 Å². The van der Waals surface area contributed by atoms with Crippen molar-refractivity contribution in [3.63, 3.8) is 0 Å². The van der Waals surface area contributed by atoms with Crippen LogP contribution < -0.4 is 19.1 Å². The number of ether oxygens (including phenoxy) is 3. The van der Waals surface area contributed by atoms with E-state index in [-0.39, 0.29) is 30.7 Å². The van der Waals surface area contributed by atoms with Crippen molar-refractivity contribution in [2.75, 3.05) is 27.5 Å². The zero-order valence-corrected chi connectivity index (χ0v) is 15.7. The zero-order chi connectivity index (χ0) is 19.8. The van der Waals surface area contributed by atoms with E-state index in [2.05, 4.69) is 7.05 Å². The maximum absolute atomic E-state index is 12.9.